The summed E-state index contributed by atoms with van der Waals surface area (Å²) >= 11 is 6.64. The van der Waals surface area contributed by atoms with Crippen molar-refractivity contribution in [2.24, 2.45) is 5.92 Å². The lowest BCUT2D eigenvalue weighted by Crippen LogP contribution is -2.39. The largest absolute Gasteiger partial charge is 0.296 e. The molecule has 1 atom stereocenters. The molecule has 1 aliphatic heterocycles. The predicted molar refractivity (Wildman–Crippen MR) is 96.5 cm³/mol. The van der Waals surface area contributed by atoms with Crippen LogP contribution in [0, 0.1) is 5.92 Å². The van der Waals surface area contributed by atoms with E-state index in [0.717, 1.165) is 24.2 Å². The summed E-state index contributed by atoms with van der Waals surface area (Å²) in [6.45, 7) is 2.99. The highest BCUT2D eigenvalue weighted by Gasteiger charge is 2.31. The van der Waals surface area contributed by atoms with E-state index in [1.807, 2.05) is 6.92 Å². The lowest BCUT2D eigenvalue weighted by molar-refractivity contribution is 0.102. The second-order valence-corrected chi connectivity index (χ2v) is 9.47. The Morgan fingerprint density at radius 3 is 2.72 bits per heavy atom. The Bertz CT molecular complexity index is 867. The zero-order chi connectivity index (χ0) is 18.0. The first-order valence-electron chi connectivity index (χ1n) is 7.77. The van der Waals surface area contributed by atoms with Gasteiger partial charge in [0.15, 0.2) is 0 Å². The van der Waals surface area contributed by atoms with Gasteiger partial charge < -0.3 is 0 Å². The highest BCUT2D eigenvalue weighted by atomic mass is 35.5. The van der Waals surface area contributed by atoms with E-state index in [2.05, 4.69) is 15.5 Å². The third-order valence-electron chi connectivity index (χ3n) is 3.91. The van der Waals surface area contributed by atoms with Crippen molar-refractivity contribution in [1.82, 2.24) is 14.5 Å². The Hall–Kier alpha value is -1.55. The Morgan fingerprint density at radius 1 is 1.32 bits per heavy atom. The first-order valence-corrected chi connectivity index (χ1v) is 10.4. The molecule has 0 saturated carbocycles. The van der Waals surface area contributed by atoms with Gasteiger partial charge in [0.1, 0.15) is 0 Å². The molecule has 2 aromatic rings. The third kappa shape index (κ3) is 4.17. The van der Waals surface area contributed by atoms with Gasteiger partial charge in [-0.2, -0.15) is 4.31 Å². The van der Waals surface area contributed by atoms with Crippen LogP contribution in [0.25, 0.3) is 0 Å². The molecule has 1 aromatic carbocycles. The number of hydrogen-bond donors (Lipinski definition) is 1. The Balaban J connectivity index is 1.73. The number of carbonyl (C=O) groups is 1. The number of amides is 1. The van der Waals surface area contributed by atoms with Gasteiger partial charge in [0.05, 0.1) is 0 Å². The van der Waals surface area contributed by atoms with E-state index in [1.165, 1.54) is 4.31 Å². The van der Waals surface area contributed by atoms with Gasteiger partial charge in [-0.05, 0) is 43.0 Å². The summed E-state index contributed by atoms with van der Waals surface area (Å²) < 4.78 is 26.6. The van der Waals surface area contributed by atoms with Crippen LogP contribution in [0.1, 0.15) is 30.1 Å². The molecule has 25 heavy (non-hydrogen) atoms. The maximum Gasteiger partial charge on any atom is 0.272 e. The molecule has 1 fully saturated rings. The van der Waals surface area contributed by atoms with Crippen molar-refractivity contribution in [1.29, 1.82) is 0 Å². The normalized spacial score (nSPS) is 18.9. The molecule has 0 aliphatic carbocycles. The van der Waals surface area contributed by atoms with E-state index < -0.39 is 15.9 Å². The monoisotopic (exact) mass is 400 g/mol. The fraction of sp³-hybridized carbons (Fsp3) is 0.400. The molecule has 2 heterocycles. The van der Waals surface area contributed by atoms with Crippen molar-refractivity contribution in [3.63, 3.8) is 0 Å². The molecule has 134 valence electrons. The fourth-order valence-corrected chi connectivity index (χ4v) is 5.37. The zero-order valence-corrected chi connectivity index (χ0v) is 15.9. The lowest BCUT2D eigenvalue weighted by atomic mass is 10.0. The molecule has 0 bridgehead atoms. The summed E-state index contributed by atoms with van der Waals surface area (Å²) in [6.07, 6.45) is 1.85. The van der Waals surface area contributed by atoms with Crippen molar-refractivity contribution in [2.45, 2.75) is 24.1 Å². The topological polar surface area (TPSA) is 92.3 Å². The number of nitrogens with one attached hydrogen (secondary N) is 1. The number of benzene rings is 1. The van der Waals surface area contributed by atoms with Gasteiger partial charge in [-0.1, -0.05) is 29.9 Å². The van der Waals surface area contributed by atoms with Crippen LogP contribution in [-0.4, -0.2) is 41.9 Å². The highest BCUT2D eigenvalue weighted by Crippen LogP contribution is 2.27. The summed E-state index contributed by atoms with van der Waals surface area (Å²) in [5.74, 6) is -0.0797. The second-order valence-electron chi connectivity index (χ2n) is 5.94. The summed E-state index contributed by atoms with van der Waals surface area (Å²) in [5.41, 5.74) is 0.397. The van der Waals surface area contributed by atoms with Crippen LogP contribution in [0.15, 0.2) is 28.6 Å². The number of halogens is 1. The minimum absolute atomic E-state index is 0.104. The molecular weight excluding hydrogens is 384 g/mol. The number of rotatable bonds is 4. The van der Waals surface area contributed by atoms with E-state index in [9.17, 15) is 13.2 Å². The Morgan fingerprint density at radius 2 is 2.04 bits per heavy atom. The van der Waals surface area contributed by atoms with E-state index in [-0.39, 0.29) is 9.47 Å². The van der Waals surface area contributed by atoms with E-state index in [4.69, 9.17) is 11.6 Å². The maximum absolute atomic E-state index is 12.6. The molecule has 1 N–H and O–H groups in total. The van der Waals surface area contributed by atoms with Crippen molar-refractivity contribution < 1.29 is 13.2 Å². The second kappa shape index (κ2) is 7.36. The molecule has 1 aromatic heterocycles. The van der Waals surface area contributed by atoms with Gasteiger partial charge in [0, 0.05) is 23.7 Å². The van der Waals surface area contributed by atoms with Gasteiger partial charge in [-0.3, -0.25) is 10.1 Å². The van der Waals surface area contributed by atoms with Crippen molar-refractivity contribution in [3.05, 3.63) is 34.9 Å². The van der Waals surface area contributed by atoms with Crippen LogP contribution < -0.4 is 5.32 Å². The quantitative estimate of drug-likeness (QED) is 0.796. The molecule has 7 nitrogen and oxygen atoms in total. The van der Waals surface area contributed by atoms with Crippen LogP contribution in [0.5, 0.6) is 0 Å². The van der Waals surface area contributed by atoms with Gasteiger partial charge in [0.25, 0.3) is 15.9 Å². The summed E-state index contributed by atoms with van der Waals surface area (Å²) in [5, 5.41) is 10.8. The maximum atomic E-state index is 12.6. The number of hydrogen-bond acceptors (Lipinski definition) is 6. The van der Waals surface area contributed by atoms with Gasteiger partial charge >= 0.3 is 0 Å². The standard InChI is InChI=1S/C15H17ClN4O3S2/c1-10-3-2-8-20(9-10)25(22,23)15-19-18-14(24-15)17-13(21)11-4-6-12(16)7-5-11/h4-7,10H,2-3,8-9H2,1H3,(H,17,18,21). The number of anilines is 1. The predicted octanol–water partition coefficient (Wildman–Crippen LogP) is 2.86. The average Bonchev–Trinajstić information content (AvgIpc) is 3.04. The first-order chi connectivity index (χ1) is 11.9. The van der Waals surface area contributed by atoms with Crippen LogP contribution in [0.3, 0.4) is 0 Å². The highest BCUT2D eigenvalue weighted by molar-refractivity contribution is 7.91. The van der Waals surface area contributed by atoms with Crippen molar-refractivity contribution >= 4 is 44.0 Å². The fourth-order valence-electron chi connectivity index (χ4n) is 2.61. The number of aromatic nitrogens is 2. The smallest absolute Gasteiger partial charge is 0.272 e. The van der Waals surface area contributed by atoms with E-state index in [0.29, 0.717) is 29.6 Å². The van der Waals surface area contributed by atoms with Gasteiger partial charge in [-0.15, -0.1) is 10.2 Å². The van der Waals surface area contributed by atoms with Gasteiger partial charge in [-0.25, -0.2) is 8.42 Å². The first kappa shape index (κ1) is 18.2. The number of sulfonamides is 1. The molecule has 1 saturated heterocycles. The van der Waals surface area contributed by atoms with Crippen LogP contribution in [0.4, 0.5) is 5.13 Å². The molecule has 0 spiro atoms. The summed E-state index contributed by atoms with van der Waals surface area (Å²) in [6, 6.07) is 6.35. The number of nitrogens with zero attached hydrogens (tertiary/aromatic N) is 3. The zero-order valence-electron chi connectivity index (χ0n) is 13.5. The Kier molecular flexibility index (Phi) is 5.38. The van der Waals surface area contributed by atoms with Crippen LogP contribution >= 0.6 is 22.9 Å². The molecule has 0 radical (unpaired) electrons. The summed E-state index contributed by atoms with van der Waals surface area (Å²) in [7, 11) is -3.67. The van der Waals surface area contributed by atoms with E-state index in [1.54, 1.807) is 24.3 Å². The number of piperidine rings is 1. The van der Waals surface area contributed by atoms with Crippen LogP contribution in [0.2, 0.25) is 5.02 Å². The van der Waals surface area contributed by atoms with Crippen molar-refractivity contribution in [2.75, 3.05) is 18.4 Å². The minimum atomic E-state index is -3.67. The lowest BCUT2D eigenvalue weighted by Gasteiger charge is -2.28. The third-order valence-corrected chi connectivity index (χ3v) is 7.22. The van der Waals surface area contributed by atoms with Crippen LogP contribution in [-0.2, 0) is 10.0 Å². The molecule has 1 amide bonds. The Labute approximate surface area is 155 Å². The average molecular weight is 401 g/mol. The van der Waals surface area contributed by atoms with Crippen molar-refractivity contribution in [3.8, 4) is 0 Å². The summed E-state index contributed by atoms with van der Waals surface area (Å²) in [4.78, 5) is 12.2. The molecular formula is C15H17ClN4O3S2. The molecule has 10 heteroatoms. The number of carbonyl (C=O) groups excluding carboxylic acids is 1. The SMILES string of the molecule is CC1CCCN(S(=O)(=O)c2nnc(NC(=O)c3ccc(Cl)cc3)s2)C1. The minimum Gasteiger partial charge on any atom is -0.296 e. The molecule has 1 unspecified atom stereocenters. The molecule has 1 aliphatic rings. The molecule has 3 rings (SSSR count). The van der Waals surface area contributed by atoms with E-state index >= 15 is 0 Å². The van der Waals surface area contributed by atoms with Gasteiger partial charge in [0.2, 0.25) is 9.47 Å².